The number of carboxylic acid groups (broad SMARTS) is 1. The van der Waals surface area contributed by atoms with Gasteiger partial charge in [-0.25, -0.2) is 0 Å². The Kier molecular flexibility index (Phi) is 7.31. The summed E-state index contributed by atoms with van der Waals surface area (Å²) < 4.78 is 42.8. The largest absolute Gasteiger partial charge is 1.00 e. The summed E-state index contributed by atoms with van der Waals surface area (Å²) in [5, 5.41) is 11.6. The number of aromatic nitrogens is 1. The fraction of sp³-hybridized carbons (Fsp3) is 0.0833. The van der Waals surface area contributed by atoms with E-state index in [0.717, 1.165) is 5.56 Å². The van der Waals surface area contributed by atoms with Crippen LogP contribution in [0.4, 0.5) is 13.2 Å². The molecule has 0 aliphatic heterocycles. The summed E-state index contributed by atoms with van der Waals surface area (Å²) in [7, 11) is 0. The van der Waals surface area contributed by atoms with Gasteiger partial charge in [0.1, 0.15) is 11.7 Å². The van der Waals surface area contributed by atoms with Gasteiger partial charge in [-0.2, -0.15) is 0 Å². The van der Waals surface area contributed by atoms with Gasteiger partial charge in [-0.05, 0) is 41.0 Å². The number of nitrogens with zero attached hydrogens (tertiary/aromatic N) is 1. The van der Waals surface area contributed by atoms with Crippen molar-refractivity contribution in [2.45, 2.75) is 12.9 Å². The average molecular weight is 461 g/mol. The first-order valence-corrected chi connectivity index (χ1v) is 9.50. The second-order valence-electron chi connectivity index (χ2n) is 7.08. The Bertz CT molecular complexity index is 1300. The molecule has 33 heavy (non-hydrogen) atoms. The summed E-state index contributed by atoms with van der Waals surface area (Å²) in [5.74, 6) is -3.32. The number of hydrogen-bond donors (Lipinski definition) is 0. The molecule has 0 spiro atoms. The third-order valence-corrected chi connectivity index (χ3v) is 4.93. The first kappa shape index (κ1) is 24.6. The zero-order valence-electron chi connectivity index (χ0n) is 17.4. The molecule has 1 heterocycles. The van der Waals surface area contributed by atoms with E-state index in [9.17, 15) is 27.9 Å². The number of benzene rings is 3. The van der Waals surface area contributed by atoms with Crippen LogP contribution in [0.2, 0.25) is 0 Å². The summed E-state index contributed by atoms with van der Waals surface area (Å²) in [6.07, 6.45) is -3.32. The molecule has 0 radical (unpaired) electrons. The number of hydrogen-bond acceptors (Lipinski definition) is 4. The molecule has 0 atom stereocenters. The van der Waals surface area contributed by atoms with Gasteiger partial charge in [0.05, 0.1) is 0 Å². The number of rotatable bonds is 6. The van der Waals surface area contributed by atoms with Gasteiger partial charge in [0.25, 0.3) is 0 Å². The monoisotopic (exact) mass is 461 g/mol. The molecule has 4 aromatic rings. The van der Waals surface area contributed by atoms with Crippen molar-refractivity contribution in [1.29, 1.82) is 0 Å². The van der Waals surface area contributed by atoms with Gasteiger partial charge in [0.2, 0.25) is 5.78 Å². The molecule has 3 aromatic carbocycles. The Morgan fingerprint density at radius 3 is 2.15 bits per heavy atom. The maximum atomic E-state index is 12.4. The topological polar surface area (TPSA) is 71.4 Å². The van der Waals surface area contributed by atoms with Crippen LogP contribution in [0.25, 0.3) is 22.0 Å². The first-order valence-electron chi connectivity index (χ1n) is 9.50. The van der Waals surface area contributed by atoms with E-state index < -0.39 is 18.1 Å². The molecule has 9 heteroatoms. The molecule has 0 aliphatic carbocycles. The SMILES string of the molecule is O=C([O-])C(=O)c1cn(Cc2ccccc2)c2ccc(-c3ccc(OC(F)(F)F)cc3)cc12.[Na+]. The second-order valence-corrected chi connectivity index (χ2v) is 7.08. The molecule has 0 amide bonds. The van der Waals surface area contributed by atoms with E-state index >= 15 is 0 Å². The minimum absolute atomic E-state index is 0. The van der Waals surface area contributed by atoms with Gasteiger partial charge < -0.3 is 19.2 Å². The third kappa shape index (κ3) is 5.65. The Morgan fingerprint density at radius 1 is 0.909 bits per heavy atom. The normalized spacial score (nSPS) is 11.1. The molecule has 0 saturated carbocycles. The molecule has 1 aromatic heterocycles. The smallest absolute Gasteiger partial charge is 0.541 e. The van der Waals surface area contributed by atoms with Crippen molar-refractivity contribution < 1.29 is 62.2 Å². The quantitative estimate of drug-likeness (QED) is 0.246. The Labute approximate surface area is 208 Å². The van der Waals surface area contributed by atoms with Gasteiger partial charge in [0, 0.05) is 29.2 Å². The number of carbonyl (C=O) groups excluding carboxylic acids is 2. The molecule has 0 bridgehead atoms. The first-order chi connectivity index (χ1) is 15.2. The van der Waals surface area contributed by atoms with Crippen molar-refractivity contribution in [3.8, 4) is 16.9 Å². The summed E-state index contributed by atoms with van der Waals surface area (Å²) in [4.78, 5) is 23.5. The van der Waals surface area contributed by atoms with E-state index in [1.807, 2.05) is 30.3 Å². The summed E-state index contributed by atoms with van der Waals surface area (Å²) in [5.41, 5.74) is 2.75. The van der Waals surface area contributed by atoms with Gasteiger partial charge >= 0.3 is 35.9 Å². The summed E-state index contributed by atoms with van der Waals surface area (Å²) in [6.45, 7) is 0.417. The standard InChI is InChI=1S/C24H16F3NO4.Na/c25-24(26,27)32-18-9-6-16(7-10-18)17-8-11-21-19(12-17)20(22(29)23(30)31)14-28(21)13-15-4-2-1-3-5-15;/h1-12,14H,13H2,(H,30,31);/q;+1/p-1. The average Bonchev–Trinajstić information content (AvgIpc) is 3.11. The zero-order chi connectivity index (χ0) is 22.9. The van der Waals surface area contributed by atoms with Crippen molar-refractivity contribution in [2.75, 3.05) is 0 Å². The van der Waals surface area contributed by atoms with Crippen molar-refractivity contribution in [1.82, 2.24) is 4.57 Å². The fourth-order valence-electron chi connectivity index (χ4n) is 3.53. The van der Waals surface area contributed by atoms with Crippen LogP contribution in [0.3, 0.4) is 0 Å². The van der Waals surface area contributed by atoms with E-state index in [2.05, 4.69) is 4.74 Å². The number of carbonyl (C=O) groups is 2. The predicted molar refractivity (Wildman–Crippen MR) is 109 cm³/mol. The Hall–Kier alpha value is -3.07. The van der Waals surface area contributed by atoms with Crippen molar-refractivity contribution in [3.05, 3.63) is 90.1 Å². The van der Waals surface area contributed by atoms with Crippen LogP contribution in [0, 0.1) is 0 Å². The molecule has 5 nitrogen and oxygen atoms in total. The molecule has 0 N–H and O–H groups in total. The van der Waals surface area contributed by atoms with Crippen LogP contribution in [-0.4, -0.2) is 22.7 Å². The summed E-state index contributed by atoms with van der Waals surface area (Å²) in [6, 6.07) is 19.8. The molecular weight excluding hydrogens is 446 g/mol. The van der Waals surface area contributed by atoms with Crippen LogP contribution in [0.5, 0.6) is 5.75 Å². The third-order valence-electron chi connectivity index (χ3n) is 4.93. The van der Waals surface area contributed by atoms with Crippen molar-refractivity contribution in [2.24, 2.45) is 0 Å². The number of carboxylic acids is 1. The van der Waals surface area contributed by atoms with Crippen LogP contribution in [-0.2, 0) is 11.3 Å². The number of ketones is 1. The summed E-state index contributed by atoms with van der Waals surface area (Å²) >= 11 is 0. The van der Waals surface area contributed by atoms with Crippen LogP contribution in [0.1, 0.15) is 15.9 Å². The molecule has 4 rings (SSSR count). The van der Waals surface area contributed by atoms with Gasteiger partial charge in [0.15, 0.2) is 0 Å². The van der Waals surface area contributed by atoms with E-state index in [1.54, 1.807) is 22.8 Å². The molecule has 0 saturated heterocycles. The molecule has 0 fully saturated rings. The van der Waals surface area contributed by atoms with E-state index in [1.165, 1.54) is 30.5 Å². The van der Waals surface area contributed by atoms with E-state index in [-0.39, 0.29) is 40.9 Å². The molecule has 162 valence electrons. The maximum Gasteiger partial charge on any atom is 1.00 e. The predicted octanol–water partition coefficient (Wildman–Crippen LogP) is 1.19. The minimum Gasteiger partial charge on any atom is -0.541 e. The van der Waals surface area contributed by atoms with Crippen LogP contribution >= 0.6 is 0 Å². The second kappa shape index (κ2) is 9.82. The molecule has 0 aliphatic rings. The number of aliphatic carboxylic acids is 1. The number of halogens is 3. The number of fused-ring (bicyclic) bond motifs is 1. The van der Waals surface area contributed by atoms with E-state index in [4.69, 9.17) is 0 Å². The van der Waals surface area contributed by atoms with Gasteiger partial charge in [-0.15, -0.1) is 13.2 Å². The number of ether oxygens (including phenoxy) is 1. The van der Waals surface area contributed by atoms with Crippen molar-refractivity contribution >= 4 is 22.7 Å². The molecular formula is C24H15F3NNaO4. The van der Waals surface area contributed by atoms with Gasteiger partial charge in [-0.3, -0.25) is 4.79 Å². The van der Waals surface area contributed by atoms with Crippen LogP contribution in [0.15, 0.2) is 79.0 Å². The maximum absolute atomic E-state index is 12.4. The molecule has 0 unspecified atom stereocenters. The van der Waals surface area contributed by atoms with Crippen LogP contribution < -0.4 is 39.4 Å². The van der Waals surface area contributed by atoms with Gasteiger partial charge in [-0.1, -0.05) is 48.5 Å². The number of alkyl halides is 3. The number of Topliss-reactive ketones (excluding diaryl/α,β-unsaturated/α-hetero) is 1. The zero-order valence-corrected chi connectivity index (χ0v) is 19.4. The van der Waals surface area contributed by atoms with Crippen molar-refractivity contribution in [3.63, 3.8) is 0 Å². The minimum atomic E-state index is -4.79. The van der Waals surface area contributed by atoms with E-state index in [0.29, 0.717) is 28.6 Å². The Morgan fingerprint density at radius 2 is 1.55 bits per heavy atom. The Balaban J connectivity index is 0.00000306. The fourth-order valence-corrected chi connectivity index (χ4v) is 3.53.